The summed E-state index contributed by atoms with van der Waals surface area (Å²) in [7, 11) is 0. The van der Waals surface area contributed by atoms with Gasteiger partial charge in [-0.1, -0.05) is 176 Å². The Balaban J connectivity index is 1.20. The Hall–Kier alpha value is -6.74. The molecule has 9 aromatic carbocycles. The molecule has 0 aliphatic rings. The molecule has 0 unspecified atom stereocenters. The minimum Gasteiger partial charge on any atom is -0.310 e. The number of thiophene rings is 1. The molecule has 0 aliphatic carbocycles. The van der Waals surface area contributed by atoms with Crippen molar-refractivity contribution in [2.24, 2.45) is 0 Å². The molecule has 2 heteroatoms. The molecule has 0 spiro atoms. The van der Waals surface area contributed by atoms with Gasteiger partial charge in [0.15, 0.2) is 0 Å². The van der Waals surface area contributed by atoms with E-state index < -0.39 is 0 Å². The number of rotatable bonds is 7. The van der Waals surface area contributed by atoms with Crippen LogP contribution in [0.25, 0.3) is 75.5 Å². The van der Waals surface area contributed by atoms with Gasteiger partial charge in [0.1, 0.15) is 0 Å². The summed E-state index contributed by atoms with van der Waals surface area (Å²) in [5, 5.41) is 5.06. The molecule has 0 atom stereocenters. The Bertz CT molecular complexity index is 2850. The zero-order valence-electron chi connectivity index (χ0n) is 29.6. The molecular weight excluding hydrogens is 671 g/mol. The fraction of sp³-hybridized carbons (Fsp3) is 0. The van der Waals surface area contributed by atoms with Crippen LogP contribution in [0.1, 0.15) is 0 Å². The first kappa shape index (κ1) is 32.0. The number of hydrogen-bond donors (Lipinski definition) is 0. The fourth-order valence-corrected chi connectivity index (χ4v) is 9.13. The lowest BCUT2D eigenvalue weighted by atomic mass is 9.87. The van der Waals surface area contributed by atoms with Crippen LogP contribution >= 0.6 is 11.3 Å². The zero-order valence-corrected chi connectivity index (χ0v) is 30.4. The summed E-state index contributed by atoms with van der Waals surface area (Å²) < 4.78 is 2.59. The molecule has 0 fully saturated rings. The molecule has 254 valence electrons. The summed E-state index contributed by atoms with van der Waals surface area (Å²) in [6.45, 7) is 0. The average molecular weight is 706 g/mol. The molecule has 1 nitrogen and oxygen atoms in total. The lowest BCUT2D eigenvalue weighted by Crippen LogP contribution is -2.11. The van der Waals surface area contributed by atoms with E-state index >= 15 is 0 Å². The highest BCUT2D eigenvalue weighted by Crippen LogP contribution is 2.47. The highest BCUT2D eigenvalue weighted by molar-refractivity contribution is 7.25. The molecule has 0 aliphatic heterocycles. The Morgan fingerprint density at radius 2 is 0.852 bits per heavy atom. The maximum atomic E-state index is 2.45. The molecule has 0 saturated carbocycles. The maximum absolute atomic E-state index is 2.45. The molecule has 10 rings (SSSR count). The smallest absolute Gasteiger partial charge is 0.0546 e. The molecule has 0 amide bonds. The highest BCUT2D eigenvalue weighted by atomic mass is 32.1. The van der Waals surface area contributed by atoms with E-state index in [2.05, 4.69) is 217 Å². The van der Waals surface area contributed by atoms with Crippen molar-refractivity contribution in [1.82, 2.24) is 0 Å². The number of hydrogen-bond acceptors (Lipinski definition) is 2. The van der Waals surface area contributed by atoms with Crippen molar-refractivity contribution in [3.05, 3.63) is 212 Å². The molecule has 54 heavy (non-hydrogen) atoms. The second kappa shape index (κ2) is 13.7. The van der Waals surface area contributed by atoms with Gasteiger partial charge in [0.05, 0.1) is 5.69 Å². The van der Waals surface area contributed by atoms with E-state index in [9.17, 15) is 0 Å². The van der Waals surface area contributed by atoms with Crippen molar-refractivity contribution in [3.63, 3.8) is 0 Å². The summed E-state index contributed by atoms with van der Waals surface area (Å²) >= 11 is 1.86. The van der Waals surface area contributed by atoms with E-state index in [0.717, 1.165) is 17.1 Å². The number of nitrogens with zero attached hydrogens (tertiary/aromatic N) is 1. The van der Waals surface area contributed by atoms with Gasteiger partial charge in [0.2, 0.25) is 0 Å². The van der Waals surface area contributed by atoms with Crippen molar-refractivity contribution >= 4 is 59.3 Å². The Morgan fingerprint density at radius 1 is 0.315 bits per heavy atom. The number of benzene rings is 9. The maximum Gasteiger partial charge on any atom is 0.0546 e. The third-order valence-electron chi connectivity index (χ3n) is 10.5. The first-order valence-electron chi connectivity index (χ1n) is 18.4. The van der Waals surface area contributed by atoms with Crippen LogP contribution in [-0.4, -0.2) is 0 Å². The molecule has 10 aromatic rings. The third-order valence-corrected chi connectivity index (χ3v) is 11.6. The van der Waals surface area contributed by atoms with Crippen molar-refractivity contribution in [3.8, 4) is 44.5 Å². The Labute approximate surface area is 319 Å². The molecule has 0 saturated heterocycles. The van der Waals surface area contributed by atoms with Crippen molar-refractivity contribution in [1.29, 1.82) is 0 Å². The molecule has 0 radical (unpaired) electrons. The van der Waals surface area contributed by atoms with E-state index in [1.165, 1.54) is 75.5 Å². The molecule has 0 bridgehead atoms. The predicted octanol–water partition coefficient (Wildman–Crippen LogP) is 15.3. The van der Waals surface area contributed by atoms with E-state index in [1.807, 2.05) is 11.3 Å². The lowest BCUT2D eigenvalue weighted by Gasteiger charge is -2.29. The minimum absolute atomic E-state index is 1.10. The van der Waals surface area contributed by atoms with E-state index in [0.29, 0.717) is 0 Å². The summed E-state index contributed by atoms with van der Waals surface area (Å²) in [5.41, 5.74) is 13.0. The van der Waals surface area contributed by atoms with Crippen molar-refractivity contribution in [2.45, 2.75) is 0 Å². The van der Waals surface area contributed by atoms with Crippen LogP contribution in [0.2, 0.25) is 0 Å². The third kappa shape index (κ3) is 5.65. The van der Waals surface area contributed by atoms with E-state index in [4.69, 9.17) is 0 Å². The SMILES string of the molecule is c1ccc(-c2cccc(-c3ccccc3)c2-c2ccc(N(c3ccc4c(c3)sc3ccccc34)c3ccc4ccccc4c3-c3ccccc3)cc2)cc1. The first-order valence-corrected chi connectivity index (χ1v) is 19.2. The number of fused-ring (bicyclic) bond motifs is 4. The van der Waals surface area contributed by atoms with Gasteiger partial charge in [-0.2, -0.15) is 0 Å². The largest absolute Gasteiger partial charge is 0.310 e. The first-order chi connectivity index (χ1) is 26.8. The Morgan fingerprint density at radius 3 is 1.54 bits per heavy atom. The second-order valence-electron chi connectivity index (χ2n) is 13.7. The summed E-state index contributed by atoms with van der Waals surface area (Å²) in [6.07, 6.45) is 0. The summed E-state index contributed by atoms with van der Waals surface area (Å²) in [6, 6.07) is 77.2. The molecule has 1 heterocycles. The predicted molar refractivity (Wildman–Crippen MR) is 233 cm³/mol. The molecule has 0 N–H and O–H groups in total. The van der Waals surface area contributed by atoms with Gasteiger partial charge in [-0.3, -0.25) is 0 Å². The summed E-state index contributed by atoms with van der Waals surface area (Å²) in [5.74, 6) is 0. The van der Waals surface area contributed by atoms with Gasteiger partial charge in [0, 0.05) is 37.1 Å². The second-order valence-corrected chi connectivity index (χ2v) is 14.8. The quantitative estimate of drug-likeness (QED) is 0.160. The standard InChI is InChI=1S/C52H35NS/c1-4-15-36(16-5-1)43-24-14-25-44(37-17-6-2-7-18-37)51(43)40-27-30-41(31-28-40)53(42-32-33-47-46-23-12-13-26-49(46)54-50(47)35-42)48-34-29-38-19-10-11-22-45(38)52(48)39-20-8-3-9-21-39/h1-35H. The van der Waals surface area contributed by atoms with Gasteiger partial charge in [-0.05, 0) is 86.1 Å². The monoisotopic (exact) mass is 705 g/mol. The minimum atomic E-state index is 1.10. The van der Waals surface area contributed by atoms with Crippen LogP contribution in [0.5, 0.6) is 0 Å². The Kier molecular flexibility index (Phi) is 8.09. The van der Waals surface area contributed by atoms with Crippen LogP contribution in [0.15, 0.2) is 212 Å². The van der Waals surface area contributed by atoms with Crippen LogP contribution in [0, 0.1) is 0 Å². The van der Waals surface area contributed by atoms with Crippen molar-refractivity contribution in [2.75, 3.05) is 4.90 Å². The van der Waals surface area contributed by atoms with Crippen LogP contribution in [0.4, 0.5) is 17.1 Å². The zero-order chi connectivity index (χ0) is 35.8. The van der Waals surface area contributed by atoms with Gasteiger partial charge in [-0.25, -0.2) is 0 Å². The molecular formula is C52H35NS. The highest BCUT2D eigenvalue weighted by Gasteiger charge is 2.21. The van der Waals surface area contributed by atoms with E-state index in [-0.39, 0.29) is 0 Å². The van der Waals surface area contributed by atoms with Gasteiger partial charge >= 0.3 is 0 Å². The van der Waals surface area contributed by atoms with E-state index in [1.54, 1.807) is 0 Å². The van der Waals surface area contributed by atoms with Gasteiger partial charge in [-0.15, -0.1) is 11.3 Å². The topological polar surface area (TPSA) is 3.24 Å². The van der Waals surface area contributed by atoms with Crippen molar-refractivity contribution < 1.29 is 0 Å². The average Bonchev–Trinajstić information content (AvgIpc) is 3.62. The lowest BCUT2D eigenvalue weighted by molar-refractivity contribution is 1.30. The van der Waals surface area contributed by atoms with Crippen LogP contribution in [-0.2, 0) is 0 Å². The van der Waals surface area contributed by atoms with Crippen LogP contribution in [0.3, 0.4) is 0 Å². The van der Waals surface area contributed by atoms with Crippen LogP contribution < -0.4 is 4.90 Å². The molecule has 1 aromatic heterocycles. The summed E-state index contributed by atoms with van der Waals surface area (Å²) in [4.78, 5) is 2.45. The van der Waals surface area contributed by atoms with Gasteiger partial charge in [0.25, 0.3) is 0 Å². The normalized spacial score (nSPS) is 11.3. The van der Waals surface area contributed by atoms with Gasteiger partial charge < -0.3 is 4.90 Å². The number of anilines is 3. The fourth-order valence-electron chi connectivity index (χ4n) is 7.99.